The van der Waals surface area contributed by atoms with Crippen LogP contribution in [0.25, 0.3) is 45.0 Å². The van der Waals surface area contributed by atoms with Gasteiger partial charge in [0.25, 0.3) is 0 Å². The molecule has 4 nitrogen and oxygen atoms in total. The molecule has 5 aromatic rings. The molecule has 1 aromatic heterocycles. The van der Waals surface area contributed by atoms with Crippen molar-refractivity contribution in [1.82, 2.24) is 9.97 Å². The second-order valence-corrected chi connectivity index (χ2v) is 10.9. The lowest BCUT2D eigenvalue weighted by atomic mass is 9.75. The summed E-state index contributed by atoms with van der Waals surface area (Å²) in [5.74, 6) is 0. The Labute approximate surface area is 230 Å². The van der Waals surface area contributed by atoms with Crippen LogP contribution in [0.4, 0.5) is 0 Å². The van der Waals surface area contributed by atoms with Gasteiger partial charge in [-0.15, -0.1) is 0 Å². The first-order chi connectivity index (χ1) is 18.8. The minimum Gasteiger partial charge on any atom is -0.399 e. The van der Waals surface area contributed by atoms with Crippen molar-refractivity contribution in [1.29, 1.82) is 0 Å². The minimum atomic E-state index is -0.523. The fraction of sp³-hybridized carbons (Fsp3) is 0.176. The molecular weight excluding hydrogens is 479 g/mol. The second kappa shape index (κ2) is 9.92. The van der Waals surface area contributed by atoms with Crippen LogP contribution in [-0.4, -0.2) is 28.3 Å². The summed E-state index contributed by atoms with van der Waals surface area (Å²) in [4.78, 5) is 10.7. The predicted octanol–water partition coefficient (Wildman–Crippen LogP) is 7.44. The van der Waals surface area contributed by atoms with Gasteiger partial charge in [0.05, 0.1) is 34.0 Å². The van der Waals surface area contributed by atoms with Gasteiger partial charge in [-0.1, -0.05) is 115 Å². The zero-order chi connectivity index (χ0) is 27.0. The fourth-order valence-electron chi connectivity index (χ4n) is 4.90. The van der Waals surface area contributed by atoms with E-state index in [0.29, 0.717) is 0 Å². The average Bonchev–Trinajstić information content (AvgIpc) is 3.20. The number of rotatable bonds is 5. The first-order valence-corrected chi connectivity index (χ1v) is 13.4. The molecule has 1 aliphatic heterocycles. The first kappa shape index (κ1) is 25.2. The molecule has 0 unspecified atom stereocenters. The summed E-state index contributed by atoms with van der Waals surface area (Å²) >= 11 is 0. The van der Waals surface area contributed by atoms with Crippen LogP contribution < -0.4 is 5.46 Å². The molecule has 0 radical (unpaired) electrons. The van der Waals surface area contributed by atoms with Gasteiger partial charge in [0.2, 0.25) is 0 Å². The molecule has 39 heavy (non-hydrogen) atoms. The summed E-state index contributed by atoms with van der Waals surface area (Å²) in [6.45, 7) is 8.31. The van der Waals surface area contributed by atoms with E-state index in [0.717, 1.165) is 50.5 Å². The number of benzene rings is 4. The lowest BCUT2D eigenvalue weighted by molar-refractivity contribution is 0.00578. The standard InChI is InChI=1S/C34H31BN2O2/c1-33(2)34(3,4)39-35(38-33)28-23-15-14-22-27(28)32-31(26-20-12-7-13-21-26)36-29(24-16-8-5-9-17-24)30(37-32)25-18-10-6-11-19-25/h5-23H,1-4H3. The van der Waals surface area contributed by atoms with E-state index in [1.54, 1.807) is 0 Å². The highest BCUT2D eigenvalue weighted by Gasteiger charge is 2.52. The van der Waals surface area contributed by atoms with Gasteiger partial charge in [-0.25, -0.2) is 9.97 Å². The Balaban J connectivity index is 1.63. The van der Waals surface area contributed by atoms with E-state index in [1.165, 1.54) is 0 Å². The second-order valence-electron chi connectivity index (χ2n) is 10.9. The monoisotopic (exact) mass is 510 g/mol. The molecule has 2 heterocycles. The summed E-state index contributed by atoms with van der Waals surface area (Å²) in [6.07, 6.45) is 0. The molecule has 4 aromatic carbocycles. The first-order valence-electron chi connectivity index (χ1n) is 13.4. The maximum atomic E-state index is 6.50. The van der Waals surface area contributed by atoms with Crippen molar-refractivity contribution in [3.8, 4) is 45.0 Å². The summed E-state index contributed by atoms with van der Waals surface area (Å²) in [5.41, 5.74) is 7.30. The Morgan fingerprint density at radius 1 is 0.462 bits per heavy atom. The number of hydrogen-bond donors (Lipinski definition) is 0. The molecule has 1 saturated heterocycles. The van der Waals surface area contributed by atoms with Crippen molar-refractivity contribution in [2.45, 2.75) is 38.9 Å². The van der Waals surface area contributed by atoms with E-state index in [2.05, 4.69) is 76.2 Å². The van der Waals surface area contributed by atoms with E-state index in [9.17, 15) is 0 Å². The molecule has 0 spiro atoms. The molecule has 1 fully saturated rings. The molecule has 0 amide bonds. The van der Waals surface area contributed by atoms with Gasteiger partial charge in [0.1, 0.15) is 0 Å². The number of hydrogen-bond acceptors (Lipinski definition) is 4. The lowest BCUT2D eigenvalue weighted by Crippen LogP contribution is -2.41. The topological polar surface area (TPSA) is 44.2 Å². The highest BCUT2D eigenvalue weighted by molar-refractivity contribution is 6.63. The lowest BCUT2D eigenvalue weighted by Gasteiger charge is -2.32. The maximum absolute atomic E-state index is 6.50. The summed E-state index contributed by atoms with van der Waals surface area (Å²) < 4.78 is 13.0. The van der Waals surface area contributed by atoms with Crippen LogP contribution >= 0.6 is 0 Å². The van der Waals surface area contributed by atoms with Gasteiger partial charge < -0.3 is 9.31 Å². The normalized spacial score (nSPS) is 15.8. The smallest absolute Gasteiger partial charge is 0.399 e. The fourth-order valence-corrected chi connectivity index (χ4v) is 4.90. The number of aromatic nitrogens is 2. The zero-order valence-corrected chi connectivity index (χ0v) is 22.8. The van der Waals surface area contributed by atoms with Gasteiger partial charge in [-0.3, -0.25) is 0 Å². The Morgan fingerprint density at radius 2 is 0.821 bits per heavy atom. The Hall–Kier alpha value is -4.06. The highest BCUT2D eigenvalue weighted by atomic mass is 16.7. The van der Waals surface area contributed by atoms with E-state index >= 15 is 0 Å². The molecule has 0 bridgehead atoms. The van der Waals surface area contributed by atoms with Crippen molar-refractivity contribution >= 4 is 12.6 Å². The van der Waals surface area contributed by atoms with Crippen molar-refractivity contribution < 1.29 is 9.31 Å². The van der Waals surface area contributed by atoms with E-state index in [4.69, 9.17) is 19.3 Å². The van der Waals surface area contributed by atoms with Crippen LogP contribution in [0, 0.1) is 0 Å². The predicted molar refractivity (Wildman–Crippen MR) is 159 cm³/mol. The third-order valence-electron chi connectivity index (χ3n) is 7.76. The van der Waals surface area contributed by atoms with Crippen LogP contribution in [0.1, 0.15) is 27.7 Å². The zero-order valence-electron chi connectivity index (χ0n) is 22.8. The molecule has 6 rings (SSSR count). The SMILES string of the molecule is CC1(C)OB(c2ccccc2-c2nc(-c3ccccc3)c(-c3ccccc3)nc2-c2ccccc2)OC1(C)C. The largest absolute Gasteiger partial charge is 0.495 e. The highest BCUT2D eigenvalue weighted by Crippen LogP contribution is 2.39. The quantitative estimate of drug-likeness (QED) is 0.231. The van der Waals surface area contributed by atoms with Crippen LogP contribution in [0.3, 0.4) is 0 Å². The third-order valence-corrected chi connectivity index (χ3v) is 7.76. The van der Waals surface area contributed by atoms with E-state index in [-0.39, 0.29) is 0 Å². The van der Waals surface area contributed by atoms with E-state index in [1.807, 2.05) is 66.7 Å². The average molecular weight is 510 g/mol. The van der Waals surface area contributed by atoms with Gasteiger partial charge in [-0.05, 0) is 33.2 Å². The number of nitrogens with zero attached hydrogens (tertiary/aromatic N) is 2. The summed E-state index contributed by atoms with van der Waals surface area (Å²) in [7, 11) is -0.523. The minimum absolute atomic E-state index is 0.453. The van der Waals surface area contributed by atoms with Gasteiger partial charge in [0, 0.05) is 22.3 Å². The third kappa shape index (κ3) is 4.69. The van der Waals surface area contributed by atoms with Crippen LogP contribution in [0.5, 0.6) is 0 Å². The van der Waals surface area contributed by atoms with Crippen LogP contribution in [-0.2, 0) is 9.31 Å². The molecular formula is C34H31BN2O2. The van der Waals surface area contributed by atoms with E-state index < -0.39 is 18.3 Å². The molecule has 0 N–H and O–H groups in total. The molecule has 1 aliphatic rings. The Bertz CT molecular complexity index is 1590. The Morgan fingerprint density at radius 3 is 1.28 bits per heavy atom. The van der Waals surface area contributed by atoms with Crippen molar-refractivity contribution in [3.63, 3.8) is 0 Å². The molecule has 0 saturated carbocycles. The van der Waals surface area contributed by atoms with Gasteiger partial charge in [0.15, 0.2) is 0 Å². The maximum Gasteiger partial charge on any atom is 0.495 e. The summed E-state index contributed by atoms with van der Waals surface area (Å²) in [6, 6.07) is 39.0. The molecule has 5 heteroatoms. The molecule has 192 valence electrons. The van der Waals surface area contributed by atoms with Crippen molar-refractivity contribution in [2.24, 2.45) is 0 Å². The molecule has 0 atom stereocenters. The van der Waals surface area contributed by atoms with Gasteiger partial charge >= 0.3 is 7.12 Å². The van der Waals surface area contributed by atoms with Crippen LogP contribution in [0.15, 0.2) is 115 Å². The molecule has 0 aliphatic carbocycles. The summed E-state index contributed by atoms with van der Waals surface area (Å²) in [5, 5.41) is 0. The Kier molecular flexibility index (Phi) is 6.42. The van der Waals surface area contributed by atoms with Crippen molar-refractivity contribution in [2.75, 3.05) is 0 Å². The van der Waals surface area contributed by atoms with Crippen LogP contribution in [0.2, 0.25) is 0 Å². The van der Waals surface area contributed by atoms with Crippen molar-refractivity contribution in [3.05, 3.63) is 115 Å². The van der Waals surface area contributed by atoms with Gasteiger partial charge in [-0.2, -0.15) is 0 Å².